The van der Waals surface area contributed by atoms with Crippen LogP contribution in [-0.2, 0) is 16.1 Å². The third kappa shape index (κ3) is 5.93. The van der Waals surface area contributed by atoms with Gasteiger partial charge in [-0.25, -0.2) is 0 Å². The van der Waals surface area contributed by atoms with E-state index in [9.17, 15) is 4.79 Å². The van der Waals surface area contributed by atoms with Crippen molar-refractivity contribution >= 4 is 17.6 Å². The number of allylic oxidation sites excluding steroid dienone is 1. The first kappa shape index (κ1) is 15.8. The Morgan fingerprint density at radius 2 is 2.11 bits per heavy atom. The molecule has 0 bridgehead atoms. The molecule has 0 aliphatic rings. The monoisotopic (exact) mass is 280 g/mol. The lowest BCUT2D eigenvalue weighted by atomic mass is 9.82. The number of halogens is 1. The summed E-state index contributed by atoms with van der Waals surface area (Å²) in [5, 5.41) is 0. The highest BCUT2D eigenvalue weighted by atomic mass is 35.5. The van der Waals surface area contributed by atoms with Crippen molar-refractivity contribution in [2.45, 2.75) is 32.8 Å². The van der Waals surface area contributed by atoms with Gasteiger partial charge in [0.15, 0.2) is 0 Å². The minimum absolute atomic E-state index is 0.194. The van der Waals surface area contributed by atoms with E-state index >= 15 is 0 Å². The maximum atomic E-state index is 11.9. The molecule has 0 spiro atoms. The summed E-state index contributed by atoms with van der Waals surface area (Å²) in [5.74, 6) is 0.406. The highest BCUT2D eigenvalue weighted by Crippen LogP contribution is 2.29. The molecule has 0 aromatic heterocycles. The molecule has 0 fully saturated rings. The first-order chi connectivity index (χ1) is 9.09. The number of carbonyl (C=O) groups is 1. The van der Waals surface area contributed by atoms with E-state index in [0.29, 0.717) is 18.9 Å². The summed E-state index contributed by atoms with van der Waals surface area (Å²) in [5.41, 5.74) is 0.764. The van der Waals surface area contributed by atoms with E-state index in [1.165, 1.54) is 0 Å². The maximum absolute atomic E-state index is 11.9. The van der Waals surface area contributed by atoms with Gasteiger partial charge in [-0.15, -0.1) is 18.2 Å². The molecule has 0 N–H and O–H groups in total. The molecule has 0 unspecified atom stereocenters. The molecule has 3 heteroatoms. The fraction of sp³-hybridized carbons (Fsp3) is 0.438. The standard InChI is InChI=1S/C16H21ClO2/c1-3-16(2,10-7-11-17)12-15(18)19-13-14-8-5-4-6-9-14/h3-6,8-9H,1,7,10-13H2,2H3/t16-/m0/s1. The molecular formula is C16H21ClO2. The van der Waals surface area contributed by atoms with E-state index in [0.717, 1.165) is 18.4 Å². The Morgan fingerprint density at radius 3 is 2.68 bits per heavy atom. The molecular weight excluding hydrogens is 260 g/mol. The lowest BCUT2D eigenvalue weighted by Crippen LogP contribution is -2.20. The second-order valence-corrected chi connectivity index (χ2v) is 5.35. The van der Waals surface area contributed by atoms with Crippen LogP contribution in [0.3, 0.4) is 0 Å². The number of hydrogen-bond donors (Lipinski definition) is 0. The minimum atomic E-state index is -0.233. The van der Waals surface area contributed by atoms with Gasteiger partial charge >= 0.3 is 5.97 Å². The molecule has 2 nitrogen and oxygen atoms in total. The van der Waals surface area contributed by atoms with Crippen molar-refractivity contribution in [1.29, 1.82) is 0 Å². The Balaban J connectivity index is 2.43. The van der Waals surface area contributed by atoms with Crippen molar-refractivity contribution in [3.8, 4) is 0 Å². The van der Waals surface area contributed by atoms with Crippen LogP contribution in [0.1, 0.15) is 31.7 Å². The van der Waals surface area contributed by atoms with Gasteiger partial charge in [-0.2, -0.15) is 0 Å². The Kier molecular flexibility index (Phi) is 6.65. The quantitative estimate of drug-likeness (QED) is 0.402. The number of benzene rings is 1. The average Bonchev–Trinajstić information content (AvgIpc) is 2.44. The zero-order chi connectivity index (χ0) is 14.1. The Hall–Kier alpha value is -1.28. The number of ether oxygens (including phenoxy) is 1. The van der Waals surface area contributed by atoms with E-state index in [4.69, 9.17) is 16.3 Å². The molecule has 104 valence electrons. The molecule has 1 atom stereocenters. The van der Waals surface area contributed by atoms with Gasteiger partial charge < -0.3 is 4.74 Å². The molecule has 1 aromatic rings. The molecule has 19 heavy (non-hydrogen) atoms. The summed E-state index contributed by atoms with van der Waals surface area (Å²) >= 11 is 5.69. The fourth-order valence-corrected chi connectivity index (χ4v) is 1.99. The van der Waals surface area contributed by atoms with E-state index in [-0.39, 0.29) is 11.4 Å². The number of rotatable bonds is 8. The van der Waals surface area contributed by atoms with Crippen LogP contribution >= 0.6 is 11.6 Å². The second kappa shape index (κ2) is 8.00. The first-order valence-electron chi connectivity index (χ1n) is 6.49. The van der Waals surface area contributed by atoms with Crippen LogP contribution < -0.4 is 0 Å². The van der Waals surface area contributed by atoms with Gasteiger partial charge in [-0.3, -0.25) is 4.79 Å². The van der Waals surface area contributed by atoms with Crippen molar-refractivity contribution in [2.75, 3.05) is 5.88 Å². The topological polar surface area (TPSA) is 26.3 Å². The Bertz CT molecular complexity index is 402. The van der Waals surface area contributed by atoms with Crippen LogP contribution in [0.2, 0.25) is 0 Å². The third-order valence-corrected chi connectivity index (χ3v) is 3.43. The lowest BCUT2D eigenvalue weighted by molar-refractivity contribution is -0.147. The predicted molar refractivity (Wildman–Crippen MR) is 79.1 cm³/mol. The summed E-state index contributed by atoms with van der Waals surface area (Å²) < 4.78 is 5.29. The SMILES string of the molecule is C=C[C@@](C)(CCCCl)CC(=O)OCc1ccccc1. The average molecular weight is 281 g/mol. The summed E-state index contributed by atoms with van der Waals surface area (Å²) in [6.45, 7) is 6.14. The summed E-state index contributed by atoms with van der Waals surface area (Å²) in [6.07, 6.45) is 3.89. The zero-order valence-electron chi connectivity index (χ0n) is 11.4. The van der Waals surface area contributed by atoms with Gasteiger partial charge in [0.25, 0.3) is 0 Å². The van der Waals surface area contributed by atoms with E-state index in [1.807, 2.05) is 43.3 Å². The van der Waals surface area contributed by atoms with Gasteiger partial charge in [0.2, 0.25) is 0 Å². The molecule has 0 aliphatic carbocycles. The molecule has 0 saturated carbocycles. The van der Waals surface area contributed by atoms with Crippen LogP contribution in [-0.4, -0.2) is 11.8 Å². The van der Waals surface area contributed by atoms with Crippen molar-refractivity contribution in [2.24, 2.45) is 5.41 Å². The predicted octanol–water partition coefficient (Wildman–Crippen LogP) is 4.33. The van der Waals surface area contributed by atoms with Gasteiger partial charge in [0.1, 0.15) is 6.61 Å². The first-order valence-corrected chi connectivity index (χ1v) is 7.02. The minimum Gasteiger partial charge on any atom is -0.461 e. The number of esters is 1. The molecule has 0 radical (unpaired) electrons. The van der Waals surface area contributed by atoms with Crippen molar-refractivity contribution in [1.82, 2.24) is 0 Å². The van der Waals surface area contributed by atoms with Crippen molar-refractivity contribution in [3.63, 3.8) is 0 Å². The smallest absolute Gasteiger partial charge is 0.306 e. The van der Waals surface area contributed by atoms with Gasteiger partial charge in [-0.05, 0) is 23.8 Å². The number of hydrogen-bond acceptors (Lipinski definition) is 2. The molecule has 1 aromatic carbocycles. The molecule has 1 rings (SSSR count). The van der Waals surface area contributed by atoms with Crippen LogP contribution in [0.5, 0.6) is 0 Å². The van der Waals surface area contributed by atoms with Gasteiger partial charge in [0, 0.05) is 5.88 Å². The summed E-state index contributed by atoms with van der Waals surface area (Å²) in [7, 11) is 0. The summed E-state index contributed by atoms with van der Waals surface area (Å²) in [6, 6.07) is 9.67. The highest BCUT2D eigenvalue weighted by Gasteiger charge is 2.24. The van der Waals surface area contributed by atoms with Crippen LogP contribution in [0, 0.1) is 5.41 Å². The molecule has 0 saturated heterocycles. The zero-order valence-corrected chi connectivity index (χ0v) is 12.2. The fourth-order valence-electron chi connectivity index (χ4n) is 1.85. The molecule has 0 amide bonds. The second-order valence-electron chi connectivity index (χ2n) is 4.97. The lowest BCUT2D eigenvalue weighted by Gasteiger charge is -2.24. The molecule has 0 heterocycles. The van der Waals surface area contributed by atoms with E-state index in [1.54, 1.807) is 0 Å². The Labute approximate surface area is 120 Å². The highest BCUT2D eigenvalue weighted by molar-refractivity contribution is 6.17. The maximum Gasteiger partial charge on any atom is 0.306 e. The normalized spacial score (nSPS) is 13.6. The van der Waals surface area contributed by atoms with Crippen LogP contribution in [0.4, 0.5) is 0 Å². The number of carbonyl (C=O) groups excluding carboxylic acids is 1. The van der Waals surface area contributed by atoms with Gasteiger partial charge in [0.05, 0.1) is 6.42 Å². The van der Waals surface area contributed by atoms with E-state index < -0.39 is 0 Å². The van der Waals surface area contributed by atoms with E-state index in [2.05, 4.69) is 6.58 Å². The third-order valence-electron chi connectivity index (χ3n) is 3.17. The Morgan fingerprint density at radius 1 is 1.42 bits per heavy atom. The van der Waals surface area contributed by atoms with Crippen molar-refractivity contribution in [3.05, 3.63) is 48.6 Å². The van der Waals surface area contributed by atoms with Crippen molar-refractivity contribution < 1.29 is 9.53 Å². The molecule has 0 aliphatic heterocycles. The van der Waals surface area contributed by atoms with Gasteiger partial charge in [-0.1, -0.05) is 43.3 Å². The number of alkyl halides is 1. The largest absolute Gasteiger partial charge is 0.461 e. The van der Waals surface area contributed by atoms with Crippen LogP contribution in [0.15, 0.2) is 43.0 Å². The summed E-state index contributed by atoms with van der Waals surface area (Å²) in [4.78, 5) is 11.9. The van der Waals surface area contributed by atoms with Crippen LogP contribution in [0.25, 0.3) is 0 Å².